The molecule has 0 aliphatic rings. The van der Waals surface area contributed by atoms with Crippen LogP contribution < -0.4 is 0 Å². The van der Waals surface area contributed by atoms with Gasteiger partial charge in [0, 0.05) is 38.2 Å². The molecular weight excluding hydrogens is 542 g/mol. The molecule has 5 heteroatoms. The highest BCUT2D eigenvalue weighted by molar-refractivity contribution is 6.13. The Morgan fingerprint density at radius 3 is 1.66 bits per heavy atom. The molecule has 0 aliphatic heterocycles. The predicted molar refractivity (Wildman–Crippen MR) is 176 cm³/mol. The van der Waals surface area contributed by atoms with Crippen molar-refractivity contribution >= 4 is 43.9 Å². The topological polar surface area (TPSA) is 65.0 Å². The monoisotopic (exact) mass is 565 g/mol. The molecule has 206 valence electrons. The Balaban J connectivity index is 1.26. The van der Waals surface area contributed by atoms with Gasteiger partial charge in [0.05, 0.1) is 0 Å². The minimum Gasteiger partial charge on any atom is -0.456 e. The second-order valence-corrected chi connectivity index (χ2v) is 10.8. The number of furan rings is 2. The zero-order valence-corrected chi connectivity index (χ0v) is 23.4. The Labute approximate surface area is 252 Å². The summed E-state index contributed by atoms with van der Waals surface area (Å²) >= 11 is 0. The van der Waals surface area contributed by atoms with E-state index in [1.807, 2.05) is 91.0 Å². The second-order valence-electron chi connectivity index (χ2n) is 10.8. The quantitative estimate of drug-likeness (QED) is 0.212. The zero-order valence-electron chi connectivity index (χ0n) is 23.4. The van der Waals surface area contributed by atoms with Crippen molar-refractivity contribution < 1.29 is 8.83 Å². The van der Waals surface area contributed by atoms with Crippen LogP contribution in [0, 0.1) is 0 Å². The van der Waals surface area contributed by atoms with Crippen LogP contribution in [0.1, 0.15) is 0 Å². The molecule has 9 aromatic rings. The van der Waals surface area contributed by atoms with Gasteiger partial charge in [-0.3, -0.25) is 0 Å². The van der Waals surface area contributed by atoms with Crippen LogP contribution in [-0.4, -0.2) is 15.0 Å². The molecule has 0 spiro atoms. The van der Waals surface area contributed by atoms with E-state index in [0.29, 0.717) is 17.5 Å². The summed E-state index contributed by atoms with van der Waals surface area (Å²) in [5.74, 6) is 1.76. The first kappa shape index (κ1) is 24.5. The van der Waals surface area contributed by atoms with E-state index < -0.39 is 0 Å². The molecule has 0 N–H and O–H groups in total. The van der Waals surface area contributed by atoms with Gasteiger partial charge in [-0.1, -0.05) is 109 Å². The van der Waals surface area contributed by atoms with Gasteiger partial charge in [-0.15, -0.1) is 0 Å². The Morgan fingerprint density at radius 1 is 0.341 bits per heavy atom. The highest BCUT2D eigenvalue weighted by Gasteiger charge is 2.19. The molecule has 6 aromatic carbocycles. The Morgan fingerprint density at radius 2 is 0.886 bits per heavy atom. The van der Waals surface area contributed by atoms with Gasteiger partial charge in [-0.05, 0) is 41.5 Å². The third-order valence-corrected chi connectivity index (χ3v) is 8.15. The molecule has 0 bridgehead atoms. The molecule has 0 aliphatic carbocycles. The molecule has 44 heavy (non-hydrogen) atoms. The average Bonchev–Trinajstić information content (AvgIpc) is 3.67. The first-order valence-corrected chi connectivity index (χ1v) is 14.5. The Bertz CT molecular complexity index is 2500. The Kier molecular flexibility index (Phi) is 5.43. The van der Waals surface area contributed by atoms with Gasteiger partial charge in [0.25, 0.3) is 0 Å². The lowest BCUT2D eigenvalue weighted by atomic mass is 9.99. The molecule has 5 nitrogen and oxygen atoms in total. The maximum absolute atomic E-state index is 6.42. The number of para-hydroxylation sites is 1. The van der Waals surface area contributed by atoms with Crippen molar-refractivity contribution in [1.29, 1.82) is 0 Å². The maximum Gasteiger partial charge on any atom is 0.164 e. The van der Waals surface area contributed by atoms with Gasteiger partial charge in [-0.2, -0.15) is 0 Å². The number of hydrogen-bond donors (Lipinski definition) is 0. The summed E-state index contributed by atoms with van der Waals surface area (Å²) in [6.45, 7) is 0. The number of aromatic nitrogens is 3. The van der Waals surface area contributed by atoms with Crippen molar-refractivity contribution in [2.75, 3.05) is 0 Å². The summed E-state index contributed by atoms with van der Waals surface area (Å²) in [6.07, 6.45) is 0. The number of nitrogens with zero attached hydrogens (tertiary/aromatic N) is 3. The van der Waals surface area contributed by atoms with Gasteiger partial charge in [0.15, 0.2) is 17.5 Å². The molecule has 0 saturated carbocycles. The normalized spacial score (nSPS) is 11.6. The van der Waals surface area contributed by atoms with Gasteiger partial charge in [-0.25, -0.2) is 15.0 Å². The zero-order chi connectivity index (χ0) is 29.0. The fourth-order valence-corrected chi connectivity index (χ4v) is 6.13. The van der Waals surface area contributed by atoms with Gasteiger partial charge in [0.2, 0.25) is 0 Å². The first-order valence-electron chi connectivity index (χ1n) is 14.5. The van der Waals surface area contributed by atoms with Crippen molar-refractivity contribution in [2.45, 2.75) is 0 Å². The summed E-state index contributed by atoms with van der Waals surface area (Å²) in [5, 5.41) is 4.16. The fourth-order valence-electron chi connectivity index (χ4n) is 6.13. The maximum atomic E-state index is 6.42. The van der Waals surface area contributed by atoms with E-state index in [1.54, 1.807) is 0 Å². The fraction of sp³-hybridized carbons (Fsp3) is 0. The van der Waals surface area contributed by atoms with Crippen molar-refractivity contribution in [3.05, 3.63) is 140 Å². The summed E-state index contributed by atoms with van der Waals surface area (Å²) in [5.41, 5.74) is 8.21. The van der Waals surface area contributed by atoms with Crippen molar-refractivity contribution in [2.24, 2.45) is 0 Å². The lowest BCUT2D eigenvalue weighted by Crippen LogP contribution is -2.00. The molecule has 9 rings (SSSR count). The average molecular weight is 566 g/mol. The summed E-state index contributed by atoms with van der Waals surface area (Å²) in [6, 6.07) is 46.9. The second kappa shape index (κ2) is 9.75. The van der Waals surface area contributed by atoms with Crippen LogP contribution in [0.5, 0.6) is 0 Å². The van der Waals surface area contributed by atoms with Crippen molar-refractivity contribution in [3.63, 3.8) is 0 Å². The highest BCUT2D eigenvalue weighted by Crippen LogP contribution is 2.39. The number of fused-ring (bicyclic) bond motifs is 6. The van der Waals surface area contributed by atoms with Crippen LogP contribution in [0.2, 0.25) is 0 Å². The minimum absolute atomic E-state index is 0.573. The van der Waals surface area contributed by atoms with Gasteiger partial charge >= 0.3 is 0 Å². The minimum atomic E-state index is 0.573. The van der Waals surface area contributed by atoms with E-state index in [4.69, 9.17) is 23.8 Å². The van der Waals surface area contributed by atoms with E-state index in [-0.39, 0.29) is 0 Å². The summed E-state index contributed by atoms with van der Waals surface area (Å²) < 4.78 is 12.6. The van der Waals surface area contributed by atoms with Gasteiger partial charge in [0.1, 0.15) is 22.3 Å². The molecule has 0 saturated heterocycles. The standard InChI is InChI=1S/C39H23N3O2/c1-3-11-24(12-4-1)27-16-9-19-32-35(27)29-22-21-26(23-34(29)44-32)38-40-37(25-13-5-2-6-14-25)41-39(42-38)30-17-10-20-33-36(30)28-15-7-8-18-31(28)43-33/h1-23H. The largest absolute Gasteiger partial charge is 0.456 e. The van der Waals surface area contributed by atoms with Crippen LogP contribution in [0.15, 0.2) is 148 Å². The van der Waals surface area contributed by atoms with E-state index >= 15 is 0 Å². The lowest BCUT2D eigenvalue weighted by Gasteiger charge is -2.09. The number of hydrogen-bond acceptors (Lipinski definition) is 5. The van der Waals surface area contributed by atoms with Crippen molar-refractivity contribution in [1.82, 2.24) is 15.0 Å². The molecule has 3 heterocycles. The van der Waals surface area contributed by atoms with E-state index in [2.05, 4.69) is 48.5 Å². The highest BCUT2D eigenvalue weighted by atomic mass is 16.3. The van der Waals surface area contributed by atoms with Crippen LogP contribution in [-0.2, 0) is 0 Å². The van der Waals surface area contributed by atoms with Crippen LogP contribution in [0.4, 0.5) is 0 Å². The number of rotatable bonds is 4. The van der Waals surface area contributed by atoms with E-state index in [0.717, 1.165) is 71.7 Å². The SMILES string of the molecule is c1ccc(-c2nc(-c3ccc4c(c3)oc3cccc(-c5ccccc5)c34)nc(-c3cccc4oc5ccccc5c34)n2)cc1. The smallest absolute Gasteiger partial charge is 0.164 e. The number of benzene rings is 6. The van der Waals surface area contributed by atoms with Crippen LogP contribution in [0.3, 0.4) is 0 Å². The summed E-state index contributed by atoms with van der Waals surface area (Å²) in [7, 11) is 0. The summed E-state index contributed by atoms with van der Waals surface area (Å²) in [4.78, 5) is 15.0. The first-order chi connectivity index (χ1) is 21.8. The molecule has 3 aromatic heterocycles. The van der Waals surface area contributed by atoms with E-state index in [1.165, 1.54) is 0 Å². The van der Waals surface area contributed by atoms with E-state index in [9.17, 15) is 0 Å². The van der Waals surface area contributed by atoms with Crippen LogP contribution >= 0.6 is 0 Å². The van der Waals surface area contributed by atoms with Crippen LogP contribution in [0.25, 0.3) is 89.2 Å². The van der Waals surface area contributed by atoms with Crippen molar-refractivity contribution in [3.8, 4) is 45.3 Å². The third-order valence-electron chi connectivity index (χ3n) is 8.15. The molecular formula is C39H23N3O2. The Hall–Kier alpha value is -6.07. The molecule has 0 radical (unpaired) electrons. The van der Waals surface area contributed by atoms with Gasteiger partial charge < -0.3 is 8.83 Å². The third kappa shape index (κ3) is 3.91. The predicted octanol–water partition coefficient (Wildman–Crippen LogP) is 10.3. The molecule has 0 fully saturated rings. The molecule has 0 atom stereocenters. The molecule has 0 unspecified atom stereocenters. The lowest BCUT2D eigenvalue weighted by molar-refractivity contribution is 0.668. The molecule has 0 amide bonds.